The number of amides is 1. The van der Waals surface area contributed by atoms with E-state index in [9.17, 15) is 9.18 Å². The first-order valence-corrected chi connectivity index (χ1v) is 5.70. The third-order valence-corrected chi connectivity index (χ3v) is 2.70. The molecule has 0 unspecified atom stereocenters. The lowest BCUT2D eigenvalue weighted by Crippen LogP contribution is -2.14. The van der Waals surface area contributed by atoms with Crippen LogP contribution in [0.2, 0.25) is 5.28 Å². The number of carbonyl (C=O) groups is 1. The zero-order valence-electron chi connectivity index (χ0n) is 9.95. The fourth-order valence-electron chi connectivity index (χ4n) is 1.42. The molecule has 1 amide bonds. The van der Waals surface area contributed by atoms with E-state index in [0.29, 0.717) is 5.56 Å². The van der Waals surface area contributed by atoms with E-state index in [1.54, 1.807) is 0 Å². The van der Waals surface area contributed by atoms with Gasteiger partial charge in [0.15, 0.2) is 0 Å². The monoisotopic (exact) mass is 280 g/mol. The molecule has 0 saturated carbocycles. The number of carbonyl (C=O) groups excluding carboxylic acids is 1. The van der Waals surface area contributed by atoms with E-state index >= 15 is 0 Å². The predicted molar refractivity (Wildman–Crippen MR) is 70.5 cm³/mol. The highest BCUT2D eigenvalue weighted by atomic mass is 35.5. The number of nitrogens with two attached hydrogens (primary N) is 1. The molecule has 0 bridgehead atoms. The molecule has 0 spiro atoms. The molecule has 0 aliphatic rings. The minimum absolute atomic E-state index is 0.00685. The molecule has 0 saturated heterocycles. The Morgan fingerprint density at radius 1 is 1.47 bits per heavy atom. The number of rotatable bonds is 2. The number of anilines is 2. The van der Waals surface area contributed by atoms with E-state index in [4.69, 9.17) is 17.3 Å². The fraction of sp³-hybridized carbons (Fsp3) is 0.0833. The van der Waals surface area contributed by atoms with Gasteiger partial charge in [-0.05, 0) is 36.7 Å². The molecular weight excluding hydrogens is 271 g/mol. The van der Waals surface area contributed by atoms with Crippen LogP contribution in [0, 0.1) is 12.7 Å². The standard InChI is InChI=1S/C12H10ClFN4O/c1-6-8(14)4-7(5-9(6)15)11(19)17-10-2-3-16-12(13)18-10/h2-5H,15H2,1H3,(H,16,17,18,19). The molecule has 19 heavy (non-hydrogen) atoms. The van der Waals surface area contributed by atoms with Gasteiger partial charge in [0.25, 0.3) is 5.91 Å². The van der Waals surface area contributed by atoms with Crippen LogP contribution in [0.3, 0.4) is 0 Å². The average Bonchev–Trinajstić information content (AvgIpc) is 2.35. The van der Waals surface area contributed by atoms with Crippen LogP contribution in [0.1, 0.15) is 15.9 Å². The molecule has 98 valence electrons. The fourth-order valence-corrected chi connectivity index (χ4v) is 1.57. The molecular formula is C12H10ClFN4O. The second-order valence-electron chi connectivity index (χ2n) is 3.84. The van der Waals surface area contributed by atoms with Crippen molar-refractivity contribution in [1.82, 2.24) is 9.97 Å². The Bertz CT molecular complexity index is 624. The quantitative estimate of drug-likeness (QED) is 0.654. The maximum atomic E-state index is 13.5. The van der Waals surface area contributed by atoms with Crippen molar-refractivity contribution < 1.29 is 9.18 Å². The summed E-state index contributed by atoms with van der Waals surface area (Å²) >= 11 is 5.59. The second kappa shape index (κ2) is 5.19. The summed E-state index contributed by atoms with van der Waals surface area (Å²) in [6.07, 6.45) is 1.40. The van der Waals surface area contributed by atoms with E-state index in [2.05, 4.69) is 15.3 Å². The maximum absolute atomic E-state index is 13.5. The van der Waals surface area contributed by atoms with Crippen molar-refractivity contribution in [3.05, 3.63) is 46.6 Å². The van der Waals surface area contributed by atoms with Gasteiger partial charge in [-0.15, -0.1) is 0 Å². The predicted octanol–water partition coefficient (Wildman–Crippen LogP) is 2.41. The molecule has 0 atom stereocenters. The number of nitrogens with one attached hydrogen (secondary N) is 1. The smallest absolute Gasteiger partial charge is 0.256 e. The molecule has 5 nitrogen and oxygen atoms in total. The summed E-state index contributed by atoms with van der Waals surface area (Å²) in [4.78, 5) is 19.4. The van der Waals surface area contributed by atoms with Crippen LogP contribution in [-0.2, 0) is 0 Å². The first kappa shape index (κ1) is 13.2. The molecule has 2 aromatic rings. The summed E-state index contributed by atoms with van der Waals surface area (Å²) in [7, 11) is 0. The van der Waals surface area contributed by atoms with E-state index < -0.39 is 11.7 Å². The highest BCUT2D eigenvalue weighted by Gasteiger charge is 2.12. The minimum atomic E-state index is -0.536. The van der Waals surface area contributed by atoms with Crippen LogP contribution in [0.5, 0.6) is 0 Å². The summed E-state index contributed by atoms with van der Waals surface area (Å²) in [5, 5.41) is 2.48. The average molecular weight is 281 g/mol. The third kappa shape index (κ3) is 2.97. The zero-order valence-corrected chi connectivity index (χ0v) is 10.7. The Kier molecular flexibility index (Phi) is 3.62. The van der Waals surface area contributed by atoms with E-state index in [0.717, 1.165) is 6.07 Å². The Balaban J connectivity index is 2.25. The van der Waals surface area contributed by atoms with Crippen LogP contribution >= 0.6 is 11.6 Å². The molecule has 1 aromatic carbocycles. The molecule has 3 N–H and O–H groups in total. The van der Waals surface area contributed by atoms with Crippen molar-refractivity contribution in [2.45, 2.75) is 6.92 Å². The van der Waals surface area contributed by atoms with Crippen LogP contribution in [0.4, 0.5) is 15.9 Å². The van der Waals surface area contributed by atoms with Crippen molar-refractivity contribution in [2.24, 2.45) is 0 Å². The van der Waals surface area contributed by atoms with Crippen molar-refractivity contribution in [2.75, 3.05) is 11.1 Å². The molecule has 7 heteroatoms. The van der Waals surface area contributed by atoms with Gasteiger partial charge in [0, 0.05) is 23.0 Å². The Morgan fingerprint density at radius 2 is 2.21 bits per heavy atom. The van der Waals surface area contributed by atoms with Gasteiger partial charge in [-0.3, -0.25) is 4.79 Å². The van der Waals surface area contributed by atoms with Crippen LogP contribution in [-0.4, -0.2) is 15.9 Å². The molecule has 1 heterocycles. The van der Waals surface area contributed by atoms with Gasteiger partial charge in [-0.2, -0.15) is 0 Å². The number of aromatic nitrogens is 2. The van der Waals surface area contributed by atoms with Crippen LogP contribution < -0.4 is 11.1 Å². The Labute approximate surface area is 113 Å². The minimum Gasteiger partial charge on any atom is -0.398 e. The summed E-state index contributed by atoms with van der Waals surface area (Å²) in [5.74, 6) is -0.837. The number of hydrogen-bond acceptors (Lipinski definition) is 4. The van der Waals surface area contributed by atoms with Crippen molar-refractivity contribution >= 4 is 29.0 Å². The van der Waals surface area contributed by atoms with Crippen molar-refractivity contribution in [3.8, 4) is 0 Å². The first-order valence-electron chi connectivity index (χ1n) is 5.33. The number of benzene rings is 1. The van der Waals surface area contributed by atoms with Gasteiger partial charge in [0.05, 0.1) is 0 Å². The second-order valence-corrected chi connectivity index (χ2v) is 4.18. The van der Waals surface area contributed by atoms with E-state index in [1.807, 2.05) is 0 Å². The Hall–Kier alpha value is -2.21. The van der Waals surface area contributed by atoms with Gasteiger partial charge in [-0.25, -0.2) is 14.4 Å². The van der Waals surface area contributed by atoms with Gasteiger partial charge in [-0.1, -0.05) is 0 Å². The SMILES string of the molecule is Cc1c(N)cc(C(=O)Nc2ccnc(Cl)n2)cc1F. The van der Waals surface area contributed by atoms with Crippen molar-refractivity contribution in [3.63, 3.8) is 0 Å². The highest BCUT2D eigenvalue weighted by molar-refractivity contribution is 6.28. The lowest BCUT2D eigenvalue weighted by molar-refractivity contribution is 0.102. The topological polar surface area (TPSA) is 80.9 Å². The van der Waals surface area contributed by atoms with Gasteiger partial charge in [0.1, 0.15) is 11.6 Å². The Morgan fingerprint density at radius 3 is 2.84 bits per heavy atom. The zero-order chi connectivity index (χ0) is 14.0. The first-order chi connectivity index (χ1) is 8.97. The van der Waals surface area contributed by atoms with E-state index in [-0.39, 0.29) is 22.4 Å². The normalized spacial score (nSPS) is 10.3. The number of nitrogen functional groups attached to an aromatic ring is 1. The van der Waals surface area contributed by atoms with E-state index in [1.165, 1.54) is 25.3 Å². The van der Waals surface area contributed by atoms with Gasteiger partial charge in [0.2, 0.25) is 5.28 Å². The third-order valence-electron chi connectivity index (χ3n) is 2.51. The molecule has 2 rings (SSSR count). The van der Waals surface area contributed by atoms with Crippen LogP contribution in [0.25, 0.3) is 0 Å². The van der Waals surface area contributed by atoms with Gasteiger partial charge < -0.3 is 11.1 Å². The molecule has 0 aliphatic carbocycles. The summed E-state index contributed by atoms with van der Waals surface area (Å²) in [6, 6.07) is 3.98. The highest BCUT2D eigenvalue weighted by Crippen LogP contribution is 2.18. The lowest BCUT2D eigenvalue weighted by Gasteiger charge is -2.07. The van der Waals surface area contributed by atoms with Crippen LogP contribution in [0.15, 0.2) is 24.4 Å². The summed E-state index contributed by atoms with van der Waals surface area (Å²) in [5.41, 5.74) is 6.24. The number of hydrogen-bond donors (Lipinski definition) is 2. The number of halogens is 2. The summed E-state index contributed by atoms with van der Waals surface area (Å²) < 4.78 is 13.5. The molecule has 0 aliphatic heterocycles. The molecule has 1 aromatic heterocycles. The molecule has 0 radical (unpaired) electrons. The number of nitrogens with zero attached hydrogens (tertiary/aromatic N) is 2. The van der Waals surface area contributed by atoms with Gasteiger partial charge >= 0.3 is 0 Å². The molecule has 0 fully saturated rings. The largest absolute Gasteiger partial charge is 0.398 e. The summed E-state index contributed by atoms with van der Waals surface area (Å²) in [6.45, 7) is 1.54. The maximum Gasteiger partial charge on any atom is 0.256 e. The van der Waals surface area contributed by atoms with Crippen molar-refractivity contribution in [1.29, 1.82) is 0 Å². The lowest BCUT2D eigenvalue weighted by atomic mass is 10.1.